The number of thiocarbonyl (C=S) groups is 1. The molecule has 0 aliphatic rings. The summed E-state index contributed by atoms with van der Waals surface area (Å²) in [5.74, 6) is 0.125. The lowest BCUT2D eigenvalue weighted by atomic mass is 10.1. The van der Waals surface area contributed by atoms with Crippen molar-refractivity contribution >= 4 is 40.5 Å². The highest BCUT2D eigenvalue weighted by Gasteiger charge is 2.18. The number of halogens is 1. The summed E-state index contributed by atoms with van der Waals surface area (Å²) in [7, 11) is 0. The number of para-hydroxylation sites is 1. The standard InChI is InChI=1S/C12H16ClN3OS/c1-7(2)10(11(14)18)16-12(17)15-9-6-4-3-5-8(9)13/h3-7,10H,1-2H3,(H2,14,18)(H2,15,16,17). The van der Waals surface area contributed by atoms with Crippen LogP contribution in [-0.4, -0.2) is 17.1 Å². The fourth-order valence-electron chi connectivity index (χ4n) is 1.43. The summed E-state index contributed by atoms with van der Waals surface area (Å²) in [5, 5.41) is 5.85. The molecule has 0 aromatic heterocycles. The second-order valence-electron chi connectivity index (χ2n) is 4.20. The van der Waals surface area contributed by atoms with Crippen LogP contribution in [0.1, 0.15) is 13.8 Å². The van der Waals surface area contributed by atoms with Gasteiger partial charge in [0.25, 0.3) is 0 Å². The number of hydrogen-bond donors (Lipinski definition) is 3. The molecule has 18 heavy (non-hydrogen) atoms. The number of amides is 2. The van der Waals surface area contributed by atoms with Gasteiger partial charge in [-0.15, -0.1) is 0 Å². The van der Waals surface area contributed by atoms with Gasteiger partial charge in [0.2, 0.25) is 0 Å². The third-order valence-electron chi connectivity index (χ3n) is 2.38. The summed E-state index contributed by atoms with van der Waals surface area (Å²) in [6.07, 6.45) is 0. The summed E-state index contributed by atoms with van der Waals surface area (Å²) < 4.78 is 0. The van der Waals surface area contributed by atoms with E-state index in [4.69, 9.17) is 29.6 Å². The summed E-state index contributed by atoms with van der Waals surface area (Å²) in [6, 6.07) is 6.27. The zero-order valence-electron chi connectivity index (χ0n) is 10.2. The molecule has 1 aromatic carbocycles. The van der Waals surface area contributed by atoms with Crippen molar-refractivity contribution in [3.05, 3.63) is 29.3 Å². The molecule has 4 N–H and O–H groups in total. The highest BCUT2D eigenvalue weighted by Crippen LogP contribution is 2.20. The van der Waals surface area contributed by atoms with Gasteiger partial charge < -0.3 is 16.4 Å². The van der Waals surface area contributed by atoms with E-state index in [9.17, 15) is 4.79 Å². The van der Waals surface area contributed by atoms with Gasteiger partial charge >= 0.3 is 6.03 Å². The van der Waals surface area contributed by atoms with Gasteiger partial charge in [-0.3, -0.25) is 0 Å². The number of anilines is 1. The summed E-state index contributed by atoms with van der Waals surface area (Å²) in [6.45, 7) is 3.86. The fraction of sp³-hybridized carbons (Fsp3) is 0.333. The molecule has 4 nitrogen and oxygen atoms in total. The number of carbonyl (C=O) groups excluding carboxylic acids is 1. The van der Waals surface area contributed by atoms with Crippen LogP contribution in [0.2, 0.25) is 5.02 Å². The smallest absolute Gasteiger partial charge is 0.319 e. The minimum absolute atomic E-state index is 0.125. The first-order valence-electron chi connectivity index (χ1n) is 5.53. The Morgan fingerprint density at radius 1 is 1.39 bits per heavy atom. The van der Waals surface area contributed by atoms with Crippen LogP contribution in [0.25, 0.3) is 0 Å². The van der Waals surface area contributed by atoms with Crippen molar-refractivity contribution in [3.63, 3.8) is 0 Å². The van der Waals surface area contributed by atoms with E-state index in [1.165, 1.54) is 0 Å². The minimum Gasteiger partial charge on any atom is -0.392 e. The van der Waals surface area contributed by atoms with Crippen LogP contribution in [0.4, 0.5) is 10.5 Å². The summed E-state index contributed by atoms with van der Waals surface area (Å²) in [4.78, 5) is 12.1. The fourth-order valence-corrected chi connectivity index (χ4v) is 1.94. The van der Waals surface area contributed by atoms with E-state index in [0.717, 1.165) is 0 Å². The maximum absolute atomic E-state index is 11.8. The van der Waals surface area contributed by atoms with E-state index in [0.29, 0.717) is 10.7 Å². The molecule has 0 saturated heterocycles. The molecular weight excluding hydrogens is 270 g/mol. The van der Waals surface area contributed by atoms with Crippen molar-refractivity contribution in [1.29, 1.82) is 0 Å². The third kappa shape index (κ3) is 4.16. The Hall–Kier alpha value is -1.33. The zero-order valence-corrected chi connectivity index (χ0v) is 11.8. The lowest BCUT2D eigenvalue weighted by Crippen LogP contribution is -2.48. The maximum atomic E-state index is 11.8. The first-order chi connectivity index (χ1) is 8.41. The molecule has 0 radical (unpaired) electrons. The number of rotatable bonds is 4. The molecule has 0 fully saturated rings. The van der Waals surface area contributed by atoms with Crippen LogP contribution >= 0.6 is 23.8 Å². The van der Waals surface area contributed by atoms with Gasteiger partial charge in [0.05, 0.1) is 21.7 Å². The van der Waals surface area contributed by atoms with Gasteiger partial charge in [-0.05, 0) is 18.1 Å². The van der Waals surface area contributed by atoms with Crippen molar-refractivity contribution in [2.45, 2.75) is 19.9 Å². The van der Waals surface area contributed by atoms with Crippen LogP contribution in [-0.2, 0) is 0 Å². The molecule has 6 heteroatoms. The Labute approximate surface area is 117 Å². The van der Waals surface area contributed by atoms with Crippen molar-refractivity contribution in [3.8, 4) is 0 Å². The van der Waals surface area contributed by atoms with E-state index in [1.54, 1.807) is 24.3 Å². The van der Waals surface area contributed by atoms with E-state index in [-0.39, 0.29) is 23.0 Å². The number of carbonyl (C=O) groups is 1. The number of nitrogens with two attached hydrogens (primary N) is 1. The molecule has 1 unspecified atom stereocenters. The predicted octanol–water partition coefficient (Wildman–Crippen LogP) is 2.77. The van der Waals surface area contributed by atoms with Crippen molar-refractivity contribution in [2.75, 3.05) is 5.32 Å². The molecule has 0 spiro atoms. The van der Waals surface area contributed by atoms with E-state index < -0.39 is 0 Å². The predicted molar refractivity (Wildman–Crippen MR) is 79.0 cm³/mol. The summed E-state index contributed by atoms with van der Waals surface area (Å²) >= 11 is 10.8. The molecule has 1 atom stereocenters. The highest BCUT2D eigenvalue weighted by atomic mass is 35.5. The second kappa shape index (κ2) is 6.56. The molecule has 0 aliphatic carbocycles. The van der Waals surface area contributed by atoms with E-state index in [2.05, 4.69) is 10.6 Å². The van der Waals surface area contributed by atoms with Crippen LogP contribution in [0.3, 0.4) is 0 Å². The Bertz CT molecular complexity index is 451. The number of nitrogens with one attached hydrogen (secondary N) is 2. The Kier molecular flexibility index (Phi) is 5.37. The first-order valence-corrected chi connectivity index (χ1v) is 6.31. The summed E-state index contributed by atoms with van der Waals surface area (Å²) in [5.41, 5.74) is 6.12. The van der Waals surface area contributed by atoms with E-state index in [1.807, 2.05) is 13.8 Å². The number of benzene rings is 1. The van der Waals surface area contributed by atoms with E-state index >= 15 is 0 Å². The van der Waals surface area contributed by atoms with Crippen LogP contribution < -0.4 is 16.4 Å². The van der Waals surface area contributed by atoms with Gasteiger partial charge in [-0.2, -0.15) is 0 Å². The Balaban J connectivity index is 2.67. The van der Waals surface area contributed by atoms with Crippen molar-refractivity contribution in [2.24, 2.45) is 11.7 Å². The zero-order chi connectivity index (χ0) is 13.7. The average molecular weight is 286 g/mol. The number of hydrogen-bond acceptors (Lipinski definition) is 2. The van der Waals surface area contributed by atoms with Crippen LogP contribution in [0.15, 0.2) is 24.3 Å². The Morgan fingerprint density at radius 2 is 2.00 bits per heavy atom. The van der Waals surface area contributed by atoms with Crippen molar-refractivity contribution in [1.82, 2.24) is 5.32 Å². The highest BCUT2D eigenvalue weighted by molar-refractivity contribution is 7.80. The van der Waals surface area contributed by atoms with Gasteiger partial charge in [-0.1, -0.05) is 49.8 Å². The van der Waals surface area contributed by atoms with Gasteiger partial charge in [0.1, 0.15) is 0 Å². The Morgan fingerprint density at radius 3 is 2.50 bits per heavy atom. The minimum atomic E-state index is -0.380. The monoisotopic (exact) mass is 285 g/mol. The molecule has 0 bridgehead atoms. The molecule has 2 amide bonds. The number of urea groups is 1. The molecule has 0 heterocycles. The normalized spacial score (nSPS) is 12.0. The van der Waals surface area contributed by atoms with Gasteiger partial charge in [0, 0.05) is 0 Å². The molecule has 0 aliphatic heterocycles. The molecule has 0 saturated carbocycles. The largest absolute Gasteiger partial charge is 0.392 e. The SMILES string of the molecule is CC(C)C(NC(=O)Nc1ccccc1Cl)C(N)=S. The second-order valence-corrected chi connectivity index (χ2v) is 5.08. The maximum Gasteiger partial charge on any atom is 0.319 e. The van der Waals surface area contributed by atoms with Crippen LogP contribution in [0, 0.1) is 5.92 Å². The molecule has 1 aromatic rings. The topological polar surface area (TPSA) is 67.2 Å². The van der Waals surface area contributed by atoms with Gasteiger partial charge in [0.15, 0.2) is 0 Å². The third-order valence-corrected chi connectivity index (χ3v) is 2.97. The van der Waals surface area contributed by atoms with Crippen LogP contribution in [0.5, 0.6) is 0 Å². The lowest BCUT2D eigenvalue weighted by Gasteiger charge is -2.21. The average Bonchev–Trinajstić information content (AvgIpc) is 2.28. The lowest BCUT2D eigenvalue weighted by molar-refractivity contribution is 0.248. The first kappa shape index (κ1) is 14.7. The molecule has 98 valence electrons. The molecule has 1 rings (SSSR count). The van der Waals surface area contributed by atoms with Crippen molar-refractivity contribution < 1.29 is 4.79 Å². The quantitative estimate of drug-likeness (QED) is 0.745. The molecular formula is C12H16ClN3OS. The van der Waals surface area contributed by atoms with Gasteiger partial charge in [-0.25, -0.2) is 4.79 Å².